The minimum absolute atomic E-state index is 0.147. The van der Waals surface area contributed by atoms with Crippen LogP contribution in [0.4, 0.5) is 10.6 Å². The van der Waals surface area contributed by atoms with Crippen molar-refractivity contribution >= 4 is 40.5 Å². The molecule has 0 aromatic carbocycles. The summed E-state index contributed by atoms with van der Waals surface area (Å²) >= 11 is 2.18. The molecule has 1 aliphatic rings. The lowest BCUT2D eigenvalue weighted by molar-refractivity contribution is -0.143. The smallest absolute Gasteiger partial charge is 0.412 e. The van der Waals surface area contributed by atoms with Crippen molar-refractivity contribution in [3.05, 3.63) is 17.8 Å². The van der Waals surface area contributed by atoms with E-state index in [1.165, 1.54) is 4.68 Å². The van der Waals surface area contributed by atoms with Crippen molar-refractivity contribution in [1.29, 1.82) is 0 Å². The van der Waals surface area contributed by atoms with Crippen molar-refractivity contribution < 1.29 is 24.2 Å². The number of amides is 1. The van der Waals surface area contributed by atoms with Gasteiger partial charge in [-0.2, -0.15) is 0 Å². The Bertz CT molecular complexity index is 964. The van der Waals surface area contributed by atoms with Gasteiger partial charge in [0.25, 0.3) is 0 Å². The van der Waals surface area contributed by atoms with E-state index in [0.717, 1.165) is 18.5 Å². The molecule has 0 spiro atoms. The summed E-state index contributed by atoms with van der Waals surface area (Å²) in [5, 5.41) is 20.2. The predicted molar refractivity (Wildman–Crippen MR) is 126 cm³/mol. The van der Waals surface area contributed by atoms with Gasteiger partial charge in [0.05, 0.1) is 23.4 Å². The van der Waals surface area contributed by atoms with Gasteiger partial charge in [-0.25, -0.2) is 14.5 Å². The van der Waals surface area contributed by atoms with Gasteiger partial charge in [-0.3, -0.25) is 10.1 Å². The number of rotatable bonds is 8. The number of alkyl halides is 1. The Hall–Kier alpha value is -2.44. The number of halogens is 1. The van der Waals surface area contributed by atoms with E-state index in [-0.39, 0.29) is 15.9 Å². The molecule has 2 heterocycles. The highest BCUT2D eigenvalue weighted by molar-refractivity contribution is 14.1. The third-order valence-corrected chi connectivity index (χ3v) is 5.63. The number of carbonyl (C=O) groups is 2. The minimum atomic E-state index is -0.767. The molecule has 0 bridgehead atoms. The molecule has 3 atom stereocenters. The molecule has 174 valence electrons. The largest absolute Gasteiger partial charge is 0.488 e. The number of pyridine rings is 1. The van der Waals surface area contributed by atoms with E-state index in [2.05, 4.69) is 43.2 Å². The number of anilines is 1. The number of nitrogens with one attached hydrogen (secondary N) is 1. The second kappa shape index (κ2) is 10.9. The van der Waals surface area contributed by atoms with Crippen LogP contribution in [0.3, 0.4) is 0 Å². The number of ether oxygens (including phenoxy) is 2. The molecule has 1 fully saturated rings. The molecule has 2 N–H and O–H groups in total. The van der Waals surface area contributed by atoms with E-state index in [1.807, 2.05) is 19.9 Å². The van der Waals surface area contributed by atoms with E-state index in [9.17, 15) is 14.7 Å². The summed E-state index contributed by atoms with van der Waals surface area (Å²) in [5.41, 5.74) is 1.71. The molecule has 2 aromatic rings. The maximum Gasteiger partial charge on any atom is 0.412 e. The summed E-state index contributed by atoms with van der Waals surface area (Å²) in [5.74, 6) is -0.108. The fraction of sp³-hybridized carbons (Fsp3) is 0.571. The monoisotopic (exact) mass is 557 g/mol. The second-order valence-corrected chi connectivity index (χ2v) is 9.98. The SMILES string of the molecule is CCc1nc(-c2nnn(C)c2NC(=O)OCC(C)I)ccc1O[C@H]1CCC[C@H](C(=O)O)C1. The van der Waals surface area contributed by atoms with E-state index in [1.54, 1.807) is 13.1 Å². The lowest BCUT2D eigenvalue weighted by Crippen LogP contribution is -2.29. The summed E-state index contributed by atoms with van der Waals surface area (Å²) in [7, 11) is 1.67. The lowest BCUT2D eigenvalue weighted by Gasteiger charge is -2.28. The highest BCUT2D eigenvalue weighted by Gasteiger charge is 2.29. The molecule has 11 heteroatoms. The van der Waals surface area contributed by atoms with Crippen molar-refractivity contribution in [2.24, 2.45) is 13.0 Å². The first-order chi connectivity index (χ1) is 15.3. The highest BCUT2D eigenvalue weighted by atomic mass is 127. The molecule has 10 nitrogen and oxygen atoms in total. The van der Waals surface area contributed by atoms with Crippen molar-refractivity contribution in [3.63, 3.8) is 0 Å². The summed E-state index contributed by atoms with van der Waals surface area (Å²) < 4.78 is 13.0. The van der Waals surface area contributed by atoms with Crippen LogP contribution in [0.2, 0.25) is 0 Å². The summed E-state index contributed by atoms with van der Waals surface area (Å²) in [6.07, 6.45) is 2.73. The topological polar surface area (TPSA) is 128 Å². The maximum absolute atomic E-state index is 12.1. The van der Waals surface area contributed by atoms with Gasteiger partial charge in [0.15, 0.2) is 11.5 Å². The van der Waals surface area contributed by atoms with Crippen molar-refractivity contribution in [3.8, 4) is 17.1 Å². The molecule has 1 unspecified atom stereocenters. The predicted octanol–water partition coefficient (Wildman–Crippen LogP) is 3.83. The number of aromatic nitrogens is 4. The zero-order valence-electron chi connectivity index (χ0n) is 18.4. The van der Waals surface area contributed by atoms with Crippen molar-refractivity contribution in [1.82, 2.24) is 20.0 Å². The van der Waals surface area contributed by atoms with Gasteiger partial charge >= 0.3 is 12.1 Å². The van der Waals surface area contributed by atoms with Gasteiger partial charge < -0.3 is 14.6 Å². The third kappa shape index (κ3) is 6.08. The molecular weight excluding hydrogens is 529 g/mol. The van der Waals surface area contributed by atoms with Crippen LogP contribution < -0.4 is 10.1 Å². The molecule has 1 amide bonds. The number of aliphatic carboxylic acids is 1. The van der Waals surface area contributed by atoms with Gasteiger partial charge in [-0.1, -0.05) is 41.7 Å². The Kier molecular flexibility index (Phi) is 8.26. The van der Waals surface area contributed by atoms with E-state index in [4.69, 9.17) is 9.47 Å². The average Bonchev–Trinajstić information content (AvgIpc) is 3.12. The van der Waals surface area contributed by atoms with Crippen LogP contribution in [0, 0.1) is 5.92 Å². The molecule has 1 aliphatic carbocycles. The fourth-order valence-corrected chi connectivity index (χ4v) is 3.81. The number of carboxylic acid groups (broad SMARTS) is 1. The Morgan fingerprint density at radius 3 is 2.84 bits per heavy atom. The maximum atomic E-state index is 12.1. The van der Waals surface area contributed by atoms with Crippen LogP contribution in [-0.2, 0) is 23.0 Å². The Balaban J connectivity index is 1.77. The number of carboxylic acids is 1. The van der Waals surface area contributed by atoms with E-state index >= 15 is 0 Å². The molecule has 1 saturated carbocycles. The lowest BCUT2D eigenvalue weighted by atomic mass is 9.87. The molecule has 0 saturated heterocycles. The molecule has 2 aromatic heterocycles. The average molecular weight is 557 g/mol. The van der Waals surface area contributed by atoms with E-state index < -0.39 is 12.1 Å². The Morgan fingerprint density at radius 1 is 1.38 bits per heavy atom. The molecule has 0 radical (unpaired) electrons. The van der Waals surface area contributed by atoms with Crippen molar-refractivity contribution in [2.75, 3.05) is 11.9 Å². The van der Waals surface area contributed by atoms with Crippen LogP contribution in [0.1, 0.15) is 45.2 Å². The van der Waals surface area contributed by atoms with Gasteiger partial charge in [0.1, 0.15) is 12.4 Å². The summed E-state index contributed by atoms with van der Waals surface area (Å²) in [6.45, 7) is 4.21. The zero-order chi connectivity index (χ0) is 23.3. The normalized spacial score (nSPS) is 19.2. The van der Waals surface area contributed by atoms with Crippen LogP contribution in [-0.4, -0.2) is 53.8 Å². The third-order valence-electron chi connectivity index (χ3n) is 5.27. The molecule has 32 heavy (non-hydrogen) atoms. The van der Waals surface area contributed by atoms with E-state index in [0.29, 0.717) is 48.8 Å². The van der Waals surface area contributed by atoms with Gasteiger partial charge in [0.2, 0.25) is 0 Å². The van der Waals surface area contributed by atoms with Gasteiger partial charge in [-0.15, -0.1) is 5.10 Å². The number of hydrogen-bond acceptors (Lipinski definition) is 7. The highest BCUT2D eigenvalue weighted by Crippen LogP contribution is 2.31. The quantitative estimate of drug-likeness (QED) is 0.370. The van der Waals surface area contributed by atoms with Crippen molar-refractivity contribution in [2.45, 2.75) is 56.0 Å². The van der Waals surface area contributed by atoms with Crippen LogP contribution in [0.25, 0.3) is 11.4 Å². The Morgan fingerprint density at radius 2 is 2.16 bits per heavy atom. The number of nitrogens with zero attached hydrogens (tertiary/aromatic N) is 4. The first-order valence-electron chi connectivity index (χ1n) is 10.7. The standard InChI is InChI=1S/C21H28IN5O5/c1-4-15-17(32-14-7-5-6-13(10-14)20(28)29)9-8-16(23-15)18-19(27(3)26-25-18)24-21(30)31-11-12(2)22/h8-9,12-14H,4-7,10-11H2,1-3H3,(H,24,30)(H,28,29)/t12?,13-,14-/m0/s1. The van der Waals surface area contributed by atoms with Gasteiger partial charge in [0, 0.05) is 11.0 Å². The first-order valence-corrected chi connectivity index (χ1v) is 11.9. The minimum Gasteiger partial charge on any atom is -0.488 e. The zero-order valence-corrected chi connectivity index (χ0v) is 20.5. The molecule has 0 aliphatic heterocycles. The van der Waals surface area contributed by atoms with Gasteiger partial charge in [-0.05, 0) is 44.2 Å². The second-order valence-electron chi connectivity index (χ2n) is 7.85. The summed E-state index contributed by atoms with van der Waals surface area (Å²) in [6, 6.07) is 3.58. The fourth-order valence-electron chi connectivity index (χ4n) is 3.63. The van der Waals surface area contributed by atoms with Crippen LogP contribution >= 0.6 is 22.6 Å². The summed E-state index contributed by atoms with van der Waals surface area (Å²) in [4.78, 5) is 28.2. The number of hydrogen-bond donors (Lipinski definition) is 2. The number of carbonyl (C=O) groups excluding carboxylic acids is 1. The molecule has 3 rings (SSSR count). The Labute approximate surface area is 200 Å². The first kappa shape index (κ1) is 24.2. The van der Waals surface area contributed by atoms with Crippen LogP contribution in [0.15, 0.2) is 12.1 Å². The number of aryl methyl sites for hydroxylation is 2. The molecular formula is C21H28IN5O5. The van der Waals surface area contributed by atoms with Crippen LogP contribution in [0.5, 0.6) is 5.75 Å².